The number of anilines is 1. The van der Waals surface area contributed by atoms with Crippen LogP contribution in [0.25, 0.3) is 11.3 Å². The van der Waals surface area contributed by atoms with Gasteiger partial charge in [0.25, 0.3) is 0 Å². The van der Waals surface area contributed by atoms with Crippen LogP contribution in [-0.4, -0.2) is 35.5 Å². The molecule has 0 radical (unpaired) electrons. The third-order valence-corrected chi connectivity index (χ3v) is 4.81. The van der Waals surface area contributed by atoms with Crippen molar-refractivity contribution in [3.8, 4) is 29.0 Å². The lowest BCUT2D eigenvalue weighted by atomic mass is 10.1. The molecule has 0 spiro atoms. The molecule has 0 atom stereocenters. The molecule has 0 unspecified atom stereocenters. The molecule has 3 aromatic rings. The van der Waals surface area contributed by atoms with Crippen molar-refractivity contribution in [2.75, 3.05) is 12.8 Å². The average Bonchev–Trinajstić information content (AvgIpc) is 2.68. The fraction of sp³-hybridized carbons (Fsp3) is 0.0588. The number of halogens is 2. The third-order valence-electron chi connectivity index (χ3n) is 3.57. The van der Waals surface area contributed by atoms with Gasteiger partial charge >= 0.3 is 0 Å². The monoisotopic (exact) mass is 434 g/mol. The minimum atomic E-state index is -4.38. The lowest BCUT2D eigenvalue weighted by Crippen LogP contribution is -2.16. The molecule has 29 heavy (non-hydrogen) atoms. The van der Waals surface area contributed by atoms with Crippen molar-refractivity contribution in [2.24, 2.45) is 5.14 Å². The number of hydrogen-bond donors (Lipinski definition) is 2. The summed E-state index contributed by atoms with van der Waals surface area (Å²) in [6.45, 7) is 0. The van der Waals surface area contributed by atoms with Gasteiger partial charge in [-0.3, -0.25) is 4.98 Å². The zero-order valence-corrected chi connectivity index (χ0v) is 16.3. The second-order valence-corrected chi connectivity index (χ2v) is 7.37. The van der Waals surface area contributed by atoms with Crippen molar-refractivity contribution >= 4 is 27.6 Å². The number of methoxy groups -OCH3 is 1. The molecule has 0 aromatic carbocycles. The van der Waals surface area contributed by atoms with E-state index < -0.39 is 20.7 Å². The first-order valence-corrected chi connectivity index (χ1v) is 9.64. The largest absolute Gasteiger partial charge is 0.480 e. The average molecular weight is 435 g/mol. The molecule has 148 valence electrons. The second-order valence-electron chi connectivity index (χ2n) is 5.47. The number of aromatic nitrogens is 4. The van der Waals surface area contributed by atoms with Gasteiger partial charge in [0.15, 0.2) is 10.7 Å². The fourth-order valence-corrected chi connectivity index (χ4v) is 3.50. The van der Waals surface area contributed by atoms with Crippen LogP contribution in [-0.2, 0) is 10.0 Å². The first-order chi connectivity index (χ1) is 13.7. The van der Waals surface area contributed by atoms with Crippen molar-refractivity contribution in [2.45, 2.75) is 4.90 Å². The Bertz CT molecular complexity index is 1260. The summed E-state index contributed by atoms with van der Waals surface area (Å²) in [6.07, 6.45) is 5.10. The summed E-state index contributed by atoms with van der Waals surface area (Å²) in [5, 5.41) is 5.08. The van der Waals surface area contributed by atoms with Crippen molar-refractivity contribution in [3.05, 3.63) is 52.8 Å². The molecule has 0 saturated heterocycles. The fourth-order valence-electron chi connectivity index (χ4n) is 2.34. The van der Waals surface area contributed by atoms with Gasteiger partial charge in [0.05, 0.1) is 29.5 Å². The number of pyridine rings is 2. The number of nitrogens with zero attached hydrogens (tertiary/aromatic N) is 4. The van der Waals surface area contributed by atoms with E-state index in [1.807, 2.05) is 0 Å². The molecule has 3 heterocycles. The van der Waals surface area contributed by atoms with Crippen LogP contribution in [0.15, 0.2) is 35.7 Å². The van der Waals surface area contributed by atoms with Gasteiger partial charge in [0.1, 0.15) is 5.69 Å². The Morgan fingerprint density at radius 2 is 1.83 bits per heavy atom. The van der Waals surface area contributed by atoms with E-state index in [-0.39, 0.29) is 33.7 Å². The van der Waals surface area contributed by atoms with Crippen molar-refractivity contribution in [1.82, 2.24) is 19.9 Å². The van der Waals surface area contributed by atoms with Gasteiger partial charge in [0.2, 0.25) is 21.9 Å². The van der Waals surface area contributed by atoms with Crippen LogP contribution >= 0.6 is 11.6 Å². The summed E-state index contributed by atoms with van der Waals surface area (Å²) in [5.74, 6) is 4.11. The summed E-state index contributed by atoms with van der Waals surface area (Å²) >= 11 is 6.10. The summed E-state index contributed by atoms with van der Waals surface area (Å²) in [6, 6.07) is 1.31. The molecule has 4 N–H and O–H groups in total. The normalized spacial score (nSPS) is 10.9. The van der Waals surface area contributed by atoms with E-state index >= 15 is 4.39 Å². The maximum absolute atomic E-state index is 15.1. The first-order valence-electron chi connectivity index (χ1n) is 7.72. The smallest absolute Gasteiger partial charge is 0.244 e. The number of hydrogen-bond acceptors (Lipinski definition) is 8. The Hall–Kier alpha value is -3.33. The number of sulfonamides is 1. The highest BCUT2D eigenvalue weighted by molar-refractivity contribution is 7.89. The number of ether oxygens (including phenoxy) is 1. The molecular weight excluding hydrogens is 423 g/mol. The van der Waals surface area contributed by atoms with E-state index in [0.717, 1.165) is 6.20 Å². The van der Waals surface area contributed by atoms with Crippen molar-refractivity contribution in [1.29, 1.82) is 0 Å². The molecule has 0 saturated carbocycles. The van der Waals surface area contributed by atoms with Crippen LogP contribution in [0.2, 0.25) is 5.02 Å². The van der Waals surface area contributed by atoms with Gasteiger partial charge in [-0.15, -0.1) is 0 Å². The molecule has 0 aliphatic rings. The van der Waals surface area contributed by atoms with Gasteiger partial charge in [-0.05, 0) is 6.07 Å². The lowest BCUT2D eigenvalue weighted by Gasteiger charge is -2.13. The highest BCUT2D eigenvalue weighted by Crippen LogP contribution is 2.38. The Morgan fingerprint density at radius 3 is 2.45 bits per heavy atom. The quantitative estimate of drug-likeness (QED) is 0.587. The highest BCUT2D eigenvalue weighted by atomic mass is 35.5. The Labute approximate surface area is 170 Å². The molecule has 0 fully saturated rings. The zero-order valence-electron chi connectivity index (χ0n) is 14.7. The molecule has 9 nitrogen and oxygen atoms in total. The van der Waals surface area contributed by atoms with Crippen LogP contribution in [0.4, 0.5) is 10.3 Å². The van der Waals surface area contributed by atoms with E-state index in [0.29, 0.717) is 5.56 Å². The van der Waals surface area contributed by atoms with E-state index in [1.165, 1.54) is 31.8 Å². The summed E-state index contributed by atoms with van der Waals surface area (Å²) in [5.41, 5.74) is 5.07. The predicted octanol–water partition coefficient (Wildman–Crippen LogP) is 1.36. The van der Waals surface area contributed by atoms with Crippen LogP contribution < -0.4 is 15.6 Å². The molecule has 3 rings (SSSR count). The Morgan fingerprint density at radius 1 is 1.14 bits per heavy atom. The van der Waals surface area contributed by atoms with Crippen LogP contribution in [0.5, 0.6) is 5.88 Å². The minimum absolute atomic E-state index is 0.0703. The molecule has 0 aliphatic heterocycles. The second kappa shape index (κ2) is 7.96. The van der Waals surface area contributed by atoms with Crippen LogP contribution in [0.1, 0.15) is 11.1 Å². The highest BCUT2D eigenvalue weighted by Gasteiger charge is 2.28. The van der Waals surface area contributed by atoms with Crippen molar-refractivity contribution < 1.29 is 17.5 Å². The van der Waals surface area contributed by atoms with E-state index in [2.05, 4.69) is 31.8 Å². The maximum atomic E-state index is 15.1. The Balaban J connectivity index is 2.20. The van der Waals surface area contributed by atoms with Gasteiger partial charge in [-0.25, -0.2) is 32.9 Å². The first kappa shape index (κ1) is 20.4. The van der Waals surface area contributed by atoms with Crippen LogP contribution in [0.3, 0.4) is 0 Å². The molecule has 0 amide bonds. The maximum Gasteiger partial charge on any atom is 0.244 e. The lowest BCUT2D eigenvalue weighted by molar-refractivity contribution is 0.385. The predicted molar refractivity (Wildman–Crippen MR) is 103 cm³/mol. The SMILES string of the molecule is COc1ncc(Cl)c(-c2nccc(C#Cc3cnc(N)nc3)c2F)c1S(N)(=O)=O. The third kappa shape index (κ3) is 4.24. The van der Waals surface area contributed by atoms with E-state index in [9.17, 15) is 8.42 Å². The number of rotatable bonds is 3. The molecular formula is C17H12ClFN6O3S. The van der Waals surface area contributed by atoms with Gasteiger partial charge < -0.3 is 10.5 Å². The van der Waals surface area contributed by atoms with Crippen LogP contribution in [0, 0.1) is 17.7 Å². The van der Waals surface area contributed by atoms with E-state index in [4.69, 9.17) is 27.2 Å². The number of primary sulfonamides is 1. The molecule has 12 heteroatoms. The van der Waals surface area contributed by atoms with Gasteiger partial charge in [0, 0.05) is 24.2 Å². The van der Waals surface area contributed by atoms with E-state index in [1.54, 1.807) is 0 Å². The Kier molecular flexibility index (Phi) is 5.60. The number of nitrogens with two attached hydrogens (primary N) is 2. The topological polar surface area (TPSA) is 147 Å². The van der Waals surface area contributed by atoms with Gasteiger partial charge in [-0.2, -0.15) is 0 Å². The summed E-state index contributed by atoms with van der Waals surface area (Å²) < 4.78 is 44.3. The molecule has 0 aliphatic carbocycles. The summed E-state index contributed by atoms with van der Waals surface area (Å²) in [7, 11) is -3.19. The summed E-state index contributed by atoms with van der Waals surface area (Å²) in [4.78, 5) is 14.7. The molecule has 0 bridgehead atoms. The molecule has 3 aromatic heterocycles. The van der Waals surface area contributed by atoms with Crippen molar-refractivity contribution in [3.63, 3.8) is 0 Å². The minimum Gasteiger partial charge on any atom is -0.480 e. The standard InChI is InChI=1S/C17H12ClFN6O3S/c1-28-16-15(29(21,26)27)12(11(18)8-23-16)14-13(19)10(4-5-22-14)3-2-9-6-24-17(20)25-7-9/h4-8H,1H3,(H2,20,24,25)(H2,21,26,27). The zero-order chi connectivity index (χ0) is 21.2. The van der Waals surface area contributed by atoms with Gasteiger partial charge in [-0.1, -0.05) is 23.4 Å². The number of nitrogen functional groups attached to an aromatic ring is 1.